The van der Waals surface area contributed by atoms with Crippen molar-refractivity contribution in [1.29, 1.82) is 0 Å². The standard InChI is InChI=1S/C9H20N2O3S/c1-3-5-11-14-8-4-6-10-7-9-15(2,12)13/h5,10H,3-4,6-9H2,1-2H3/b11-5+. The van der Waals surface area contributed by atoms with E-state index < -0.39 is 9.84 Å². The molecular weight excluding hydrogens is 216 g/mol. The van der Waals surface area contributed by atoms with Crippen LogP contribution in [0, 0.1) is 0 Å². The maximum atomic E-state index is 10.8. The van der Waals surface area contributed by atoms with Gasteiger partial charge in [-0.2, -0.15) is 0 Å². The summed E-state index contributed by atoms with van der Waals surface area (Å²) in [5.41, 5.74) is 0. The molecule has 0 aliphatic carbocycles. The molecule has 0 spiro atoms. The molecule has 90 valence electrons. The van der Waals surface area contributed by atoms with Crippen LogP contribution in [0.1, 0.15) is 19.8 Å². The van der Waals surface area contributed by atoms with E-state index in [1.54, 1.807) is 6.21 Å². The fourth-order valence-corrected chi connectivity index (χ4v) is 1.34. The molecular formula is C9H20N2O3S. The molecule has 0 aliphatic heterocycles. The minimum absolute atomic E-state index is 0.182. The maximum absolute atomic E-state index is 10.8. The zero-order chi connectivity index (χ0) is 11.6. The third-order valence-corrected chi connectivity index (χ3v) is 2.52. The third-order valence-electron chi connectivity index (χ3n) is 1.57. The topological polar surface area (TPSA) is 67.8 Å². The molecule has 0 heterocycles. The highest BCUT2D eigenvalue weighted by molar-refractivity contribution is 7.90. The summed E-state index contributed by atoms with van der Waals surface area (Å²) >= 11 is 0. The monoisotopic (exact) mass is 236 g/mol. The molecule has 1 N–H and O–H groups in total. The normalized spacial score (nSPS) is 12.1. The van der Waals surface area contributed by atoms with Crippen molar-refractivity contribution >= 4 is 16.1 Å². The van der Waals surface area contributed by atoms with Gasteiger partial charge in [-0.15, -0.1) is 0 Å². The van der Waals surface area contributed by atoms with Gasteiger partial charge >= 0.3 is 0 Å². The molecule has 0 aromatic heterocycles. The highest BCUT2D eigenvalue weighted by Gasteiger charge is 1.99. The van der Waals surface area contributed by atoms with Crippen LogP contribution in [0.4, 0.5) is 0 Å². The number of sulfone groups is 1. The van der Waals surface area contributed by atoms with Crippen LogP contribution in [0.3, 0.4) is 0 Å². The van der Waals surface area contributed by atoms with E-state index in [-0.39, 0.29) is 5.75 Å². The van der Waals surface area contributed by atoms with Crippen molar-refractivity contribution in [3.05, 3.63) is 0 Å². The van der Waals surface area contributed by atoms with Crippen LogP contribution in [0.25, 0.3) is 0 Å². The molecule has 0 bridgehead atoms. The molecule has 0 atom stereocenters. The van der Waals surface area contributed by atoms with E-state index in [4.69, 9.17) is 4.84 Å². The van der Waals surface area contributed by atoms with Gasteiger partial charge in [-0.3, -0.25) is 0 Å². The zero-order valence-electron chi connectivity index (χ0n) is 9.40. The summed E-state index contributed by atoms with van der Waals surface area (Å²) in [6.07, 6.45) is 4.63. The Kier molecular flexibility index (Phi) is 8.31. The van der Waals surface area contributed by atoms with Crippen LogP contribution in [0.5, 0.6) is 0 Å². The first-order chi connectivity index (χ1) is 7.06. The first kappa shape index (κ1) is 14.4. The molecule has 0 fully saturated rings. The highest BCUT2D eigenvalue weighted by atomic mass is 32.2. The van der Waals surface area contributed by atoms with Gasteiger partial charge in [0.2, 0.25) is 0 Å². The Morgan fingerprint density at radius 2 is 2.13 bits per heavy atom. The SMILES string of the molecule is CC/C=N/OCCCNCCS(C)(=O)=O. The molecule has 0 radical (unpaired) electrons. The minimum atomic E-state index is -2.85. The van der Waals surface area contributed by atoms with E-state index in [9.17, 15) is 8.42 Å². The van der Waals surface area contributed by atoms with Crippen LogP contribution in [0.15, 0.2) is 5.16 Å². The minimum Gasteiger partial charge on any atom is -0.396 e. The first-order valence-corrected chi connectivity index (χ1v) is 7.14. The van der Waals surface area contributed by atoms with E-state index in [1.807, 2.05) is 6.92 Å². The van der Waals surface area contributed by atoms with E-state index in [0.717, 1.165) is 19.4 Å². The largest absolute Gasteiger partial charge is 0.396 e. The Bertz CT molecular complexity index is 263. The summed E-state index contributed by atoms with van der Waals surface area (Å²) in [5, 5.41) is 6.72. The van der Waals surface area contributed by atoms with Crippen molar-refractivity contribution in [3.63, 3.8) is 0 Å². The van der Waals surface area contributed by atoms with Gasteiger partial charge in [0.1, 0.15) is 16.4 Å². The Labute approximate surface area is 91.8 Å². The highest BCUT2D eigenvalue weighted by Crippen LogP contribution is 1.83. The predicted octanol–water partition coefficient (Wildman–Crippen LogP) is 0.423. The van der Waals surface area contributed by atoms with E-state index in [2.05, 4.69) is 10.5 Å². The smallest absolute Gasteiger partial charge is 0.148 e. The Morgan fingerprint density at radius 1 is 1.40 bits per heavy atom. The van der Waals surface area contributed by atoms with Gasteiger partial charge in [-0.1, -0.05) is 12.1 Å². The van der Waals surface area contributed by atoms with Crippen molar-refractivity contribution in [2.45, 2.75) is 19.8 Å². The van der Waals surface area contributed by atoms with Gasteiger partial charge < -0.3 is 10.2 Å². The summed E-state index contributed by atoms with van der Waals surface area (Å²) in [7, 11) is -2.85. The second kappa shape index (κ2) is 8.67. The van der Waals surface area contributed by atoms with E-state index in [1.165, 1.54) is 6.26 Å². The summed E-state index contributed by atoms with van der Waals surface area (Å²) < 4.78 is 21.5. The van der Waals surface area contributed by atoms with Crippen LogP contribution in [0.2, 0.25) is 0 Å². The number of hydrogen-bond donors (Lipinski definition) is 1. The van der Waals surface area contributed by atoms with Gasteiger partial charge in [0.25, 0.3) is 0 Å². The second-order valence-electron chi connectivity index (χ2n) is 3.26. The number of hydrogen-bond acceptors (Lipinski definition) is 5. The lowest BCUT2D eigenvalue weighted by molar-refractivity contribution is 0.142. The van der Waals surface area contributed by atoms with Gasteiger partial charge in [0.15, 0.2) is 0 Å². The van der Waals surface area contributed by atoms with E-state index >= 15 is 0 Å². The first-order valence-electron chi connectivity index (χ1n) is 5.08. The van der Waals surface area contributed by atoms with Crippen LogP contribution in [-0.4, -0.2) is 46.3 Å². The van der Waals surface area contributed by atoms with Gasteiger partial charge in [-0.25, -0.2) is 8.42 Å². The van der Waals surface area contributed by atoms with Crippen LogP contribution < -0.4 is 5.32 Å². The van der Waals surface area contributed by atoms with Crippen molar-refractivity contribution in [2.24, 2.45) is 5.16 Å². The molecule has 0 rings (SSSR count). The van der Waals surface area contributed by atoms with E-state index in [0.29, 0.717) is 13.2 Å². The Hall–Kier alpha value is -0.620. The van der Waals surface area contributed by atoms with Crippen LogP contribution >= 0.6 is 0 Å². The number of oxime groups is 1. The molecule has 0 aromatic carbocycles. The number of nitrogens with one attached hydrogen (secondary N) is 1. The maximum Gasteiger partial charge on any atom is 0.148 e. The fraction of sp³-hybridized carbons (Fsp3) is 0.889. The quantitative estimate of drug-likeness (QED) is 0.358. The molecule has 0 amide bonds. The van der Waals surface area contributed by atoms with Crippen LogP contribution in [-0.2, 0) is 14.7 Å². The number of rotatable bonds is 9. The molecule has 0 aromatic rings. The Morgan fingerprint density at radius 3 is 2.73 bits per heavy atom. The lowest BCUT2D eigenvalue weighted by Crippen LogP contribution is -2.23. The van der Waals surface area contributed by atoms with Gasteiger partial charge in [-0.05, 0) is 19.4 Å². The summed E-state index contributed by atoms with van der Waals surface area (Å²) in [6, 6.07) is 0. The van der Waals surface area contributed by atoms with Crippen molar-refractivity contribution < 1.29 is 13.3 Å². The van der Waals surface area contributed by atoms with Gasteiger partial charge in [0, 0.05) is 19.0 Å². The summed E-state index contributed by atoms with van der Waals surface area (Å²) in [4.78, 5) is 4.93. The van der Waals surface area contributed by atoms with Crippen molar-refractivity contribution in [3.8, 4) is 0 Å². The fourth-order valence-electron chi connectivity index (χ4n) is 0.824. The predicted molar refractivity (Wildman–Crippen MR) is 61.9 cm³/mol. The zero-order valence-corrected chi connectivity index (χ0v) is 10.2. The Balaban J connectivity index is 3.15. The molecule has 0 aliphatic rings. The summed E-state index contributed by atoms with van der Waals surface area (Å²) in [5.74, 6) is 0.182. The summed E-state index contributed by atoms with van der Waals surface area (Å²) in [6.45, 7) is 3.79. The lowest BCUT2D eigenvalue weighted by Gasteiger charge is -2.02. The number of nitrogens with zero attached hydrogens (tertiary/aromatic N) is 1. The second-order valence-corrected chi connectivity index (χ2v) is 5.52. The molecule has 5 nitrogen and oxygen atoms in total. The third kappa shape index (κ3) is 13.4. The molecule has 0 unspecified atom stereocenters. The lowest BCUT2D eigenvalue weighted by atomic mass is 10.4. The average Bonchev–Trinajstić information content (AvgIpc) is 2.14. The van der Waals surface area contributed by atoms with Crippen molar-refractivity contribution in [1.82, 2.24) is 5.32 Å². The van der Waals surface area contributed by atoms with Gasteiger partial charge in [0.05, 0.1) is 5.75 Å². The molecule has 0 saturated carbocycles. The molecule has 0 saturated heterocycles. The van der Waals surface area contributed by atoms with Crippen molar-refractivity contribution in [2.75, 3.05) is 31.7 Å². The average molecular weight is 236 g/mol. The molecule has 15 heavy (non-hydrogen) atoms. The molecule has 6 heteroatoms.